The molecule has 2 aliphatic rings. The highest BCUT2D eigenvalue weighted by molar-refractivity contribution is 7.89. The van der Waals surface area contributed by atoms with Gasteiger partial charge in [-0.3, -0.25) is 4.79 Å². The average molecular weight is 470 g/mol. The number of hydrogen-bond donors (Lipinski definition) is 0. The third-order valence-electron chi connectivity index (χ3n) is 5.60. The molecule has 31 heavy (non-hydrogen) atoms. The highest BCUT2D eigenvalue weighted by atomic mass is 35.5. The molecule has 1 aromatic carbocycles. The Morgan fingerprint density at radius 3 is 2.74 bits per heavy atom. The van der Waals surface area contributed by atoms with Crippen LogP contribution in [0.5, 0.6) is 5.75 Å². The summed E-state index contributed by atoms with van der Waals surface area (Å²) in [7, 11) is -1.93. The van der Waals surface area contributed by atoms with Gasteiger partial charge in [-0.2, -0.15) is 4.31 Å². The highest BCUT2D eigenvalue weighted by Crippen LogP contribution is 2.32. The SMILES string of the molecule is Cc1nc(S(=O)(=O)N2CCC(C(=O)OCc3cc(Cl)cc4c3OCOC4)CC2)cn1C. The maximum absolute atomic E-state index is 12.8. The molecule has 1 fully saturated rings. The van der Waals surface area contributed by atoms with Crippen LogP contribution in [0.25, 0.3) is 0 Å². The maximum Gasteiger partial charge on any atom is 0.309 e. The van der Waals surface area contributed by atoms with Crippen molar-refractivity contribution in [1.82, 2.24) is 13.9 Å². The van der Waals surface area contributed by atoms with Gasteiger partial charge in [-0.05, 0) is 31.9 Å². The quantitative estimate of drug-likeness (QED) is 0.620. The first-order chi connectivity index (χ1) is 14.8. The lowest BCUT2D eigenvalue weighted by Gasteiger charge is -2.29. The number of benzene rings is 1. The number of carbonyl (C=O) groups is 1. The molecule has 0 amide bonds. The van der Waals surface area contributed by atoms with E-state index in [1.807, 2.05) is 0 Å². The average Bonchev–Trinajstić information content (AvgIpc) is 3.11. The van der Waals surface area contributed by atoms with E-state index >= 15 is 0 Å². The summed E-state index contributed by atoms with van der Waals surface area (Å²) in [6.07, 6.45) is 2.29. The number of nitrogens with zero attached hydrogens (tertiary/aromatic N) is 3. The van der Waals surface area contributed by atoms with Crippen LogP contribution in [0.4, 0.5) is 0 Å². The number of halogens is 1. The standard InChI is InChI=1S/C20H24ClN3O6S/c1-13-22-18(9-23(13)2)31(26,27)24-5-3-14(4-6-24)20(25)29-11-16-8-17(21)7-15-10-28-12-30-19(15)16/h7-9,14H,3-6,10-12H2,1-2H3. The number of carbonyl (C=O) groups excluding carboxylic acids is 1. The van der Waals surface area contributed by atoms with Gasteiger partial charge in [-0.15, -0.1) is 0 Å². The van der Waals surface area contributed by atoms with E-state index in [4.69, 9.17) is 25.8 Å². The van der Waals surface area contributed by atoms with Gasteiger partial charge >= 0.3 is 5.97 Å². The molecule has 0 bridgehead atoms. The first-order valence-corrected chi connectivity index (χ1v) is 11.8. The monoisotopic (exact) mass is 469 g/mol. The predicted molar refractivity (Wildman–Crippen MR) is 111 cm³/mol. The molecule has 0 aliphatic carbocycles. The van der Waals surface area contributed by atoms with Crippen LogP contribution in [0.2, 0.25) is 5.02 Å². The van der Waals surface area contributed by atoms with Gasteiger partial charge in [0.05, 0.1) is 12.5 Å². The van der Waals surface area contributed by atoms with E-state index in [9.17, 15) is 13.2 Å². The van der Waals surface area contributed by atoms with Crippen molar-refractivity contribution in [2.75, 3.05) is 19.9 Å². The zero-order valence-corrected chi connectivity index (χ0v) is 18.9. The Bertz CT molecular complexity index is 1070. The second kappa shape index (κ2) is 8.78. The molecule has 1 saturated heterocycles. The molecule has 3 heterocycles. The van der Waals surface area contributed by atoms with E-state index in [0.717, 1.165) is 5.56 Å². The van der Waals surface area contributed by atoms with Crippen molar-refractivity contribution < 1.29 is 27.4 Å². The molecule has 0 radical (unpaired) electrons. The minimum Gasteiger partial charge on any atom is -0.467 e. The topological polar surface area (TPSA) is 100.0 Å². The second-order valence-corrected chi connectivity index (χ2v) is 10.0. The summed E-state index contributed by atoms with van der Waals surface area (Å²) in [4.78, 5) is 16.7. The molecule has 0 atom stereocenters. The van der Waals surface area contributed by atoms with Crippen LogP contribution in [0.15, 0.2) is 23.4 Å². The van der Waals surface area contributed by atoms with E-state index in [1.165, 1.54) is 10.5 Å². The van der Waals surface area contributed by atoms with Crippen molar-refractivity contribution in [3.63, 3.8) is 0 Å². The lowest BCUT2D eigenvalue weighted by molar-refractivity contribution is -0.151. The Morgan fingerprint density at radius 2 is 2.06 bits per heavy atom. The molecular weight excluding hydrogens is 446 g/mol. The third kappa shape index (κ3) is 4.57. The lowest BCUT2D eigenvalue weighted by Crippen LogP contribution is -2.40. The number of sulfonamides is 1. The van der Waals surface area contributed by atoms with Gasteiger partial charge in [0, 0.05) is 42.5 Å². The molecule has 4 rings (SSSR count). The van der Waals surface area contributed by atoms with Crippen LogP contribution in [0.3, 0.4) is 0 Å². The van der Waals surface area contributed by atoms with Gasteiger partial charge < -0.3 is 18.8 Å². The highest BCUT2D eigenvalue weighted by Gasteiger charge is 2.34. The molecular formula is C20H24ClN3O6S. The summed E-state index contributed by atoms with van der Waals surface area (Å²) in [6.45, 7) is 2.79. The fourth-order valence-corrected chi connectivity index (χ4v) is 5.50. The largest absolute Gasteiger partial charge is 0.467 e. The van der Waals surface area contributed by atoms with Crippen LogP contribution in [-0.4, -0.2) is 48.1 Å². The molecule has 2 aromatic rings. The predicted octanol–water partition coefficient (Wildman–Crippen LogP) is 2.39. The summed E-state index contributed by atoms with van der Waals surface area (Å²) in [6, 6.07) is 3.48. The van der Waals surface area contributed by atoms with Crippen LogP contribution in [0, 0.1) is 12.8 Å². The van der Waals surface area contributed by atoms with Crippen LogP contribution < -0.4 is 4.74 Å². The Kier molecular flexibility index (Phi) is 6.25. The van der Waals surface area contributed by atoms with Crippen LogP contribution in [0.1, 0.15) is 29.8 Å². The molecule has 0 saturated carbocycles. The summed E-state index contributed by atoms with van der Waals surface area (Å²) in [5.74, 6) is 0.536. The van der Waals surface area contributed by atoms with Gasteiger partial charge in [0.2, 0.25) is 0 Å². The summed E-state index contributed by atoms with van der Waals surface area (Å²) in [5.41, 5.74) is 1.50. The third-order valence-corrected chi connectivity index (χ3v) is 7.59. The first-order valence-electron chi connectivity index (χ1n) is 9.94. The Morgan fingerprint density at radius 1 is 1.32 bits per heavy atom. The molecule has 1 aromatic heterocycles. The number of fused-ring (bicyclic) bond motifs is 1. The van der Waals surface area contributed by atoms with Crippen molar-refractivity contribution in [3.8, 4) is 5.75 Å². The Labute approximate surface area is 185 Å². The minimum absolute atomic E-state index is 0.0308. The molecule has 9 nitrogen and oxygen atoms in total. The van der Waals surface area contributed by atoms with Gasteiger partial charge in [0.1, 0.15) is 18.2 Å². The van der Waals surface area contributed by atoms with Crippen LogP contribution >= 0.6 is 11.6 Å². The van der Waals surface area contributed by atoms with Crippen molar-refractivity contribution in [2.24, 2.45) is 13.0 Å². The van der Waals surface area contributed by atoms with Crippen molar-refractivity contribution >= 4 is 27.6 Å². The van der Waals surface area contributed by atoms with Crippen molar-refractivity contribution in [3.05, 3.63) is 40.3 Å². The number of piperidine rings is 1. The molecule has 2 aliphatic heterocycles. The first kappa shape index (κ1) is 22.1. The zero-order chi connectivity index (χ0) is 22.2. The molecule has 0 unspecified atom stereocenters. The van der Waals surface area contributed by atoms with E-state index in [1.54, 1.807) is 30.7 Å². The smallest absolute Gasteiger partial charge is 0.309 e. The van der Waals surface area contributed by atoms with Crippen LogP contribution in [-0.2, 0) is 44.6 Å². The lowest BCUT2D eigenvalue weighted by atomic mass is 9.98. The second-order valence-electron chi connectivity index (χ2n) is 7.69. The fourth-order valence-electron chi connectivity index (χ4n) is 3.75. The van der Waals surface area contributed by atoms with Gasteiger partial charge in [0.25, 0.3) is 10.0 Å². The van der Waals surface area contributed by atoms with Gasteiger partial charge in [-0.1, -0.05) is 11.6 Å². The van der Waals surface area contributed by atoms with E-state index < -0.39 is 10.0 Å². The summed E-state index contributed by atoms with van der Waals surface area (Å²) >= 11 is 6.15. The number of rotatable bonds is 5. The number of ether oxygens (including phenoxy) is 3. The summed E-state index contributed by atoms with van der Waals surface area (Å²) in [5, 5.41) is 0.547. The number of aryl methyl sites for hydroxylation is 2. The molecule has 11 heteroatoms. The number of imidazole rings is 1. The normalized spacial score (nSPS) is 17.8. The number of esters is 1. The van der Waals surface area contributed by atoms with Gasteiger partial charge in [-0.25, -0.2) is 13.4 Å². The zero-order valence-electron chi connectivity index (χ0n) is 17.3. The van der Waals surface area contributed by atoms with E-state index in [-0.39, 0.29) is 43.4 Å². The Balaban J connectivity index is 1.35. The maximum atomic E-state index is 12.8. The summed E-state index contributed by atoms with van der Waals surface area (Å²) < 4.78 is 45.0. The van der Waals surface area contributed by atoms with E-state index in [0.29, 0.717) is 41.6 Å². The van der Waals surface area contributed by atoms with Crippen molar-refractivity contribution in [1.29, 1.82) is 0 Å². The number of hydrogen-bond acceptors (Lipinski definition) is 7. The van der Waals surface area contributed by atoms with Gasteiger partial charge in [0.15, 0.2) is 11.8 Å². The van der Waals surface area contributed by atoms with E-state index in [2.05, 4.69) is 4.98 Å². The molecule has 168 valence electrons. The molecule has 0 spiro atoms. The number of aromatic nitrogens is 2. The fraction of sp³-hybridized carbons (Fsp3) is 0.500. The minimum atomic E-state index is -3.68. The van der Waals surface area contributed by atoms with Crippen molar-refractivity contribution in [2.45, 2.75) is 38.0 Å². The Hall–Kier alpha value is -2.14. The molecule has 0 N–H and O–H groups in total.